The molecule has 146 valence electrons. The van der Waals surface area contributed by atoms with E-state index in [0.717, 1.165) is 28.2 Å². The number of benzene rings is 1. The van der Waals surface area contributed by atoms with Crippen LogP contribution in [0.5, 0.6) is 17.2 Å². The third-order valence-electron chi connectivity index (χ3n) is 5.23. The van der Waals surface area contributed by atoms with Gasteiger partial charge < -0.3 is 19.1 Å². The number of thiophene rings is 1. The number of amides is 1. The van der Waals surface area contributed by atoms with Crippen molar-refractivity contribution >= 4 is 17.2 Å². The zero-order chi connectivity index (χ0) is 19.4. The molecule has 1 aromatic heterocycles. The van der Waals surface area contributed by atoms with Gasteiger partial charge in [0.15, 0.2) is 11.5 Å². The predicted octanol–water partition coefficient (Wildman–Crippen LogP) is 4.85. The van der Waals surface area contributed by atoms with E-state index in [-0.39, 0.29) is 5.91 Å². The van der Waals surface area contributed by atoms with Gasteiger partial charge in [0.1, 0.15) is 0 Å². The monoisotopic (exact) mass is 389 g/mol. The van der Waals surface area contributed by atoms with Crippen LogP contribution in [-0.2, 0) is 0 Å². The Kier molecular flexibility index (Phi) is 6.26. The fourth-order valence-corrected chi connectivity index (χ4v) is 4.71. The molecule has 1 aliphatic rings. The Bertz CT molecular complexity index is 795. The SMILES string of the molecule is COc1ccc(-c2ccc(C(=O)N(C)C3CCCCC3)s2)c(OC)c1OC. The topological polar surface area (TPSA) is 48.0 Å². The molecular weight excluding hydrogens is 362 g/mol. The van der Waals surface area contributed by atoms with Gasteiger partial charge in [-0.2, -0.15) is 0 Å². The van der Waals surface area contributed by atoms with Gasteiger partial charge in [-0.05, 0) is 37.1 Å². The van der Waals surface area contributed by atoms with Crippen LogP contribution in [0.4, 0.5) is 0 Å². The van der Waals surface area contributed by atoms with E-state index in [1.165, 1.54) is 30.6 Å². The van der Waals surface area contributed by atoms with Crippen molar-refractivity contribution in [2.45, 2.75) is 38.1 Å². The van der Waals surface area contributed by atoms with Crippen LogP contribution in [0.3, 0.4) is 0 Å². The summed E-state index contributed by atoms with van der Waals surface area (Å²) in [5, 5.41) is 0. The van der Waals surface area contributed by atoms with Crippen molar-refractivity contribution in [3.05, 3.63) is 29.1 Å². The molecule has 1 heterocycles. The molecule has 6 heteroatoms. The first-order valence-electron chi connectivity index (χ1n) is 9.27. The average molecular weight is 390 g/mol. The maximum absolute atomic E-state index is 12.9. The zero-order valence-electron chi connectivity index (χ0n) is 16.4. The summed E-state index contributed by atoms with van der Waals surface area (Å²) in [5.41, 5.74) is 0.888. The van der Waals surface area contributed by atoms with E-state index in [4.69, 9.17) is 14.2 Å². The van der Waals surface area contributed by atoms with E-state index in [9.17, 15) is 4.79 Å². The largest absolute Gasteiger partial charge is 0.493 e. The Labute approximate surface area is 164 Å². The van der Waals surface area contributed by atoms with Crippen LogP contribution < -0.4 is 14.2 Å². The number of rotatable bonds is 6. The number of nitrogens with zero attached hydrogens (tertiary/aromatic N) is 1. The van der Waals surface area contributed by atoms with Gasteiger partial charge in [0.2, 0.25) is 5.75 Å². The zero-order valence-corrected chi connectivity index (χ0v) is 17.2. The number of hydrogen-bond donors (Lipinski definition) is 0. The Morgan fingerprint density at radius 1 is 0.963 bits per heavy atom. The smallest absolute Gasteiger partial charge is 0.263 e. The second-order valence-corrected chi connectivity index (χ2v) is 7.84. The van der Waals surface area contributed by atoms with E-state index in [2.05, 4.69) is 0 Å². The molecule has 1 amide bonds. The summed E-state index contributed by atoms with van der Waals surface area (Å²) < 4.78 is 16.4. The van der Waals surface area contributed by atoms with Crippen LogP contribution in [0.15, 0.2) is 24.3 Å². The first kappa shape index (κ1) is 19.5. The summed E-state index contributed by atoms with van der Waals surface area (Å²) in [6.45, 7) is 0. The minimum Gasteiger partial charge on any atom is -0.493 e. The molecule has 0 N–H and O–H groups in total. The number of methoxy groups -OCH3 is 3. The van der Waals surface area contributed by atoms with Crippen LogP contribution in [0.2, 0.25) is 0 Å². The van der Waals surface area contributed by atoms with Crippen molar-refractivity contribution in [1.82, 2.24) is 4.90 Å². The highest BCUT2D eigenvalue weighted by atomic mass is 32.1. The van der Waals surface area contributed by atoms with Crippen LogP contribution in [0, 0.1) is 0 Å². The van der Waals surface area contributed by atoms with Gasteiger partial charge in [-0.1, -0.05) is 19.3 Å². The van der Waals surface area contributed by atoms with E-state index in [1.54, 1.807) is 21.3 Å². The van der Waals surface area contributed by atoms with Crippen molar-refractivity contribution in [1.29, 1.82) is 0 Å². The van der Waals surface area contributed by atoms with Gasteiger partial charge in [0.25, 0.3) is 5.91 Å². The van der Waals surface area contributed by atoms with Gasteiger partial charge in [-0.25, -0.2) is 0 Å². The normalized spacial score (nSPS) is 14.7. The van der Waals surface area contributed by atoms with Crippen LogP contribution in [0.25, 0.3) is 10.4 Å². The quantitative estimate of drug-likeness (QED) is 0.709. The fraction of sp³-hybridized carbons (Fsp3) is 0.476. The highest BCUT2D eigenvalue weighted by molar-refractivity contribution is 7.17. The minimum absolute atomic E-state index is 0.0950. The molecule has 2 aromatic rings. The summed E-state index contributed by atoms with van der Waals surface area (Å²) in [4.78, 5) is 16.6. The summed E-state index contributed by atoms with van der Waals surface area (Å²) in [6, 6.07) is 8.01. The van der Waals surface area contributed by atoms with Crippen LogP contribution in [-0.4, -0.2) is 45.2 Å². The van der Waals surface area contributed by atoms with Gasteiger partial charge in [0, 0.05) is 23.5 Å². The Balaban J connectivity index is 1.88. The Hall–Kier alpha value is -2.21. The van der Waals surface area contributed by atoms with E-state index in [0.29, 0.717) is 23.3 Å². The molecule has 1 fully saturated rings. The number of hydrogen-bond acceptors (Lipinski definition) is 5. The molecule has 0 aliphatic heterocycles. The van der Waals surface area contributed by atoms with Gasteiger partial charge in [-0.3, -0.25) is 4.79 Å². The third kappa shape index (κ3) is 3.90. The second-order valence-electron chi connectivity index (χ2n) is 6.75. The molecule has 0 unspecified atom stereocenters. The maximum atomic E-state index is 12.9. The maximum Gasteiger partial charge on any atom is 0.263 e. The lowest BCUT2D eigenvalue weighted by Crippen LogP contribution is -2.37. The molecule has 1 aromatic carbocycles. The molecular formula is C21H27NO4S. The molecule has 27 heavy (non-hydrogen) atoms. The lowest BCUT2D eigenvalue weighted by molar-refractivity contribution is 0.0701. The average Bonchev–Trinajstić information content (AvgIpc) is 3.21. The van der Waals surface area contributed by atoms with E-state index >= 15 is 0 Å². The molecule has 3 rings (SSSR count). The number of carbonyl (C=O) groups is 1. The lowest BCUT2D eigenvalue weighted by Gasteiger charge is -2.30. The van der Waals surface area contributed by atoms with Gasteiger partial charge in [-0.15, -0.1) is 11.3 Å². The molecule has 0 saturated heterocycles. The third-order valence-corrected chi connectivity index (χ3v) is 6.34. The summed E-state index contributed by atoms with van der Waals surface area (Å²) in [5.74, 6) is 1.87. The Morgan fingerprint density at radius 2 is 1.67 bits per heavy atom. The standard InChI is InChI=1S/C21H27NO4S/c1-22(14-8-6-5-7-9-14)21(23)18-13-12-17(27-18)15-10-11-16(24-2)20(26-4)19(15)25-3/h10-14H,5-9H2,1-4H3. The molecule has 1 aliphatic carbocycles. The van der Waals surface area contributed by atoms with Crippen LogP contribution >= 0.6 is 11.3 Å². The number of carbonyl (C=O) groups excluding carboxylic acids is 1. The number of ether oxygens (including phenoxy) is 3. The summed E-state index contributed by atoms with van der Waals surface area (Å²) >= 11 is 1.48. The summed E-state index contributed by atoms with van der Waals surface area (Å²) in [6.07, 6.45) is 5.90. The van der Waals surface area contributed by atoms with E-state index in [1.807, 2.05) is 36.2 Å². The Morgan fingerprint density at radius 3 is 2.30 bits per heavy atom. The highest BCUT2D eigenvalue weighted by Gasteiger charge is 2.25. The van der Waals surface area contributed by atoms with E-state index < -0.39 is 0 Å². The molecule has 1 saturated carbocycles. The molecule has 5 nitrogen and oxygen atoms in total. The molecule has 0 spiro atoms. The van der Waals surface area contributed by atoms with Crippen molar-refractivity contribution in [3.8, 4) is 27.7 Å². The first-order valence-corrected chi connectivity index (χ1v) is 10.1. The first-order chi connectivity index (χ1) is 13.1. The summed E-state index contributed by atoms with van der Waals surface area (Å²) in [7, 11) is 6.72. The van der Waals surface area contributed by atoms with Gasteiger partial charge in [0.05, 0.1) is 26.2 Å². The van der Waals surface area contributed by atoms with Crippen molar-refractivity contribution in [2.75, 3.05) is 28.4 Å². The predicted molar refractivity (Wildman–Crippen MR) is 108 cm³/mol. The molecule has 0 atom stereocenters. The second kappa shape index (κ2) is 8.65. The molecule has 0 bridgehead atoms. The molecule has 0 radical (unpaired) electrons. The highest BCUT2D eigenvalue weighted by Crippen LogP contribution is 2.46. The van der Waals surface area contributed by atoms with Crippen molar-refractivity contribution < 1.29 is 19.0 Å². The van der Waals surface area contributed by atoms with Crippen molar-refractivity contribution in [3.63, 3.8) is 0 Å². The fourth-order valence-electron chi connectivity index (χ4n) is 3.70. The van der Waals surface area contributed by atoms with Crippen LogP contribution in [0.1, 0.15) is 41.8 Å². The van der Waals surface area contributed by atoms with Gasteiger partial charge >= 0.3 is 0 Å². The minimum atomic E-state index is 0.0950. The lowest BCUT2D eigenvalue weighted by atomic mass is 9.94. The van der Waals surface area contributed by atoms with Crippen molar-refractivity contribution in [2.24, 2.45) is 0 Å².